The van der Waals surface area contributed by atoms with Crippen molar-refractivity contribution in [2.75, 3.05) is 0 Å². The molecular weight excluding hydrogens is 408 g/mol. The number of carbonyl (C=O) groups excluding carboxylic acids is 1. The zero-order valence-corrected chi connectivity index (χ0v) is 20.4. The van der Waals surface area contributed by atoms with E-state index in [0.717, 1.165) is 42.5 Å². The fourth-order valence-electron chi connectivity index (χ4n) is 5.00. The Kier molecular flexibility index (Phi) is 6.73. The fraction of sp³-hybridized carbons (Fsp3) is 0.448. The zero-order chi connectivity index (χ0) is 23.6. The highest BCUT2D eigenvalue weighted by molar-refractivity contribution is 5.96. The zero-order valence-electron chi connectivity index (χ0n) is 20.4. The van der Waals surface area contributed by atoms with Gasteiger partial charge in [-0.3, -0.25) is 4.68 Å². The van der Waals surface area contributed by atoms with Crippen LogP contribution in [0.25, 0.3) is 11.1 Å². The summed E-state index contributed by atoms with van der Waals surface area (Å²) in [4.78, 5) is 12.1. The lowest BCUT2D eigenvalue weighted by molar-refractivity contribution is -0.255. The smallest absolute Gasteiger partial charge is 0.0724 e. The van der Waals surface area contributed by atoms with Crippen LogP contribution in [-0.2, 0) is 31.2 Å². The molecule has 0 atom stereocenters. The van der Waals surface area contributed by atoms with Crippen LogP contribution < -0.4 is 5.11 Å². The average molecular weight is 444 g/mol. The largest absolute Gasteiger partial charge is 0.545 e. The van der Waals surface area contributed by atoms with Crippen molar-refractivity contribution in [2.24, 2.45) is 0 Å². The van der Waals surface area contributed by atoms with Crippen molar-refractivity contribution in [1.82, 2.24) is 9.78 Å². The van der Waals surface area contributed by atoms with Gasteiger partial charge in [-0.05, 0) is 59.8 Å². The second-order valence-corrected chi connectivity index (χ2v) is 10.3. The third-order valence-corrected chi connectivity index (χ3v) is 6.77. The molecule has 0 bridgehead atoms. The Hall–Kier alpha value is -2.88. The minimum atomic E-state index is -1.12. The van der Waals surface area contributed by atoms with Gasteiger partial charge in [-0.1, -0.05) is 76.6 Å². The van der Waals surface area contributed by atoms with Gasteiger partial charge in [0.15, 0.2) is 0 Å². The van der Waals surface area contributed by atoms with E-state index in [1.165, 1.54) is 48.2 Å². The van der Waals surface area contributed by atoms with Gasteiger partial charge in [0.05, 0.1) is 11.7 Å². The lowest BCUT2D eigenvalue weighted by Gasteiger charge is -2.25. The number of hydrogen-bond donors (Lipinski definition) is 0. The molecule has 0 saturated heterocycles. The monoisotopic (exact) mass is 443 g/mol. The van der Waals surface area contributed by atoms with Gasteiger partial charge in [0, 0.05) is 29.8 Å². The number of hydrogen-bond acceptors (Lipinski definition) is 3. The number of benzene rings is 2. The molecule has 0 spiro atoms. The van der Waals surface area contributed by atoms with E-state index in [1.54, 1.807) is 0 Å². The molecule has 0 saturated carbocycles. The number of fused-ring (bicyclic) bond motifs is 1. The molecule has 1 aliphatic rings. The number of nitrogens with zero attached hydrogens (tertiary/aromatic N) is 2. The molecule has 4 heteroatoms. The van der Waals surface area contributed by atoms with Crippen molar-refractivity contribution >= 4 is 5.97 Å². The maximum Gasteiger partial charge on any atom is 0.0724 e. The van der Waals surface area contributed by atoms with Gasteiger partial charge in [0.25, 0.3) is 0 Å². The lowest BCUT2D eigenvalue weighted by atomic mass is 9.81. The van der Waals surface area contributed by atoms with E-state index in [4.69, 9.17) is 5.10 Å². The summed E-state index contributed by atoms with van der Waals surface area (Å²) in [6, 6.07) is 14.1. The van der Waals surface area contributed by atoms with Gasteiger partial charge in [0.2, 0.25) is 0 Å². The van der Waals surface area contributed by atoms with Crippen molar-refractivity contribution in [3.8, 4) is 11.1 Å². The molecule has 2 heterocycles. The second kappa shape index (κ2) is 9.54. The summed E-state index contributed by atoms with van der Waals surface area (Å²) < 4.78 is 2.24. The Morgan fingerprint density at radius 1 is 1.09 bits per heavy atom. The summed E-state index contributed by atoms with van der Waals surface area (Å²) in [5.41, 5.74) is 7.76. The molecule has 1 aromatic heterocycles. The molecule has 4 rings (SSSR count). The van der Waals surface area contributed by atoms with Crippen LogP contribution >= 0.6 is 0 Å². The van der Waals surface area contributed by atoms with E-state index >= 15 is 0 Å². The van der Waals surface area contributed by atoms with Gasteiger partial charge in [-0.25, -0.2) is 0 Å². The molecule has 0 aliphatic carbocycles. The van der Waals surface area contributed by atoms with Crippen molar-refractivity contribution in [3.63, 3.8) is 0 Å². The van der Waals surface area contributed by atoms with Crippen molar-refractivity contribution < 1.29 is 9.90 Å². The summed E-state index contributed by atoms with van der Waals surface area (Å²) >= 11 is 0. The van der Waals surface area contributed by atoms with Crippen LogP contribution in [0, 0.1) is 0 Å². The maximum absolute atomic E-state index is 12.1. The topological polar surface area (TPSA) is 58.0 Å². The van der Waals surface area contributed by atoms with Gasteiger partial charge in [-0.2, -0.15) is 5.10 Å². The second-order valence-electron chi connectivity index (χ2n) is 10.3. The highest BCUT2D eigenvalue weighted by atomic mass is 16.4. The van der Waals surface area contributed by atoms with Crippen molar-refractivity contribution in [2.45, 2.75) is 84.6 Å². The third kappa shape index (κ3) is 4.90. The average Bonchev–Trinajstić information content (AvgIpc) is 3.14. The predicted molar refractivity (Wildman–Crippen MR) is 131 cm³/mol. The van der Waals surface area contributed by atoms with Gasteiger partial charge < -0.3 is 9.90 Å². The first-order valence-corrected chi connectivity index (χ1v) is 12.3. The van der Waals surface area contributed by atoms with Crippen LogP contribution in [0.2, 0.25) is 0 Å². The van der Waals surface area contributed by atoms with Crippen molar-refractivity contribution in [1.29, 1.82) is 0 Å². The Labute approximate surface area is 197 Å². The number of carboxylic acids is 1. The van der Waals surface area contributed by atoms with E-state index in [9.17, 15) is 9.90 Å². The summed E-state index contributed by atoms with van der Waals surface area (Å²) in [7, 11) is 0. The highest BCUT2D eigenvalue weighted by Gasteiger charge is 2.22. The Bertz CT molecular complexity index is 1130. The first-order chi connectivity index (χ1) is 15.8. The van der Waals surface area contributed by atoms with E-state index in [-0.39, 0.29) is 5.41 Å². The van der Waals surface area contributed by atoms with Crippen LogP contribution in [0.4, 0.5) is 0 Å². The number of carbonyl (C=O) groups is 1. The summed E-state index contributed by atoms with van der Waals surface area (Å²) in [6.07, 6.45) is 7.82. The molecule has 3 aromatic rings. The Balaban J connectivity index is 1.66. The number of carboxylic acid groups (broad SMARTS) is 1. The molecular formula is C29H35N2O2-. The molecule has 0 radical (unpaired) electrons. The molecule has 0 N–H and O–H groups in total. The van der Waals surface area contributed by atoms with Crippen LogP contribution in [0.15, 0.2) is 42.5 Å². The summed E-state index contributed by atoms with van der Waals surface area (Å²) in [5, 5.41) is 17.0. The molecule has 33 heavy (non-hydrogen) atoms. The fourth-order valence-corrected chi connectivity index (χ4v) is 5.00. The van der Waals surface area contributed by atoms with E-state index in [0.29, 0.717) is 5.56 Å². The van der Waals surface area contributed by atoms with E-state index < -0.39 is 5.97 Å². The molecule has 1 aliphatic heterocycles. The quantitative estimate of drug-likeness (QED) is 0.486. The summed E-state index contributed by atoms with van der Waals surface area (Å²) in [6.45, 7) is 9.35. The van der Waals surface area contributed by atoms with E-state index in [1.807, 2.05) is 51.1 Å². The minimum Gasteiger partial charge on any atom is -0.545 e. The van der Waals surface area contributed by atoms with Gasteiger partial charge >= 0.3 is 0 Å². The van der Waals surface area contributed by atoms with Crippen LogP contribution in [0.5, 0.6) is 0 Å². The Morgan fingerprint density at radius 2 is 1.85 bits per heavy atom. The first kappa shape index (κ1) is 23.3. The normalized spacial score (nSPS) is 13.7. The molecule has 0 fully saturated rings. The van der Waals surface area contributed by atoms with Crippen molar-refractivity contribution in [3.05, 3.63) is 76.1 Å². The number of aromatic nitrogens is 2. The molecule has 174 valence electrons. The lowest BCUT2D eigenvalue weighted by Crippen LogP contribution is -2.28. The van der Waals surface area contributed by atoms with Gasteiger partial charge in [-0.15, -0.1) is 0 Å². The van der Waals surface area contributed by atoms with E-state index in [2.05, 4.69) is 23.7 Å². The first-order valence-electron chi connectivity index (χ1n) is 12.3. The number of unbranched alkanes of at least 4 members (excludes halogenated alkanes) is 1. The molecule has 0 amide bonds. The standard InChI is InChI=1S/C29H36N2O2/c1-5-6-12-25-23(26-13-7-8-18-31(26)30-25)19-20-14-16-21(17-15-20)22-10-9-11-24(29(2,3)4)27(22)28(32)33/h9-11,14-17H,5-8,12-13,18-19H2,1-4H3,(H,32,33)/p-1. The number of aromatic carboxylic acids is 1. The number of rotatable bonds is 7. The molecule has 0 unspecified atom stereocenters. The third-order valence-electron chi connectivity index (χ3n) is 6.77. The maximum atomic E-state index is 12.1. The van der Waals surface area contributed by atoms with Crippen LogP contribution in [-0.4, -0.2) is 15.7 Å². The van der Waals surface area contributed by atoms with Gasteiger partial charge in [0.1, 0.15) is 0 Å². The highest BCUT2D eigenvalue weighted by Crippen LogP contribution is 2.33. The Morgan fingerprint density at radius 3 is 2.52 bits per heavy atom. The number of aryl methyl sites for hydroxylation is 2. The SMILES string of the molecule is CCCCc1nn2c(c1Cc1ccc(-c3cccc(C(C)(C)C)c3C(=O)[O-])cc1)CCCC2. The molecule has 2 aromatic carbocycles. The minimum absolute atomic E-state index is 0.276. The van der Waals surface area contributed by atoms with Crippen LogP contribution in [0.1, 0.15) is 91.8 Å². The summed E-state index contributed by atoms with van der Waals surface area (Å²) in [5.74, 6) is -1.12. The predicted octanol–water partition coefficient (Wildman–Crippen LogP) is 5.48. The van der Waals surface area contributed by atoms with Crippen LogP contribution in [0.3, 0.4) is 0 Å². The molecule has 4 nitrogen and oxygen atoms in total.